The van der Waals surface area contributed by atoms with Crippen LogP contribution in [0.3, 0.4) is 0 Å². The highest BCUT2D eigenvalue weighted by Gasteiger charge is 2.34. The number of aromatic nitrogens is 4. The average molecular weight is 524 g/mol. The van der Waals surface area contributed by atoms with Crippen LogP contribution in [0.25, 0.3) is 11.0 Å². The molecule has 0 radical (unpaired) electrons. The third kappa shape index (κ3) is 4.62. The molecule has 0 amide bonds. The van der Waals surface area contributed by atoms with Crippen molar-refractivity contribution in [1.29, 1.82) is 0 Å². The number of rotatable bonds is 7. The lowest BCUT2D eigenvalue weighted by atomic mass is 10.1. The molecule has 2 N–H and O–H groups in total. The lowest BCUT2D eigenvalue weighted by molar-refractivity contribution is -0.246. The molecule has 1 aliphatic heterocycles. The maximum atomic E-state index is 13.9. The lowest BCUT2D eigenvalue weighted by Gasteiger charge is -2.38. The van der Waals surface area contributed by atoms with Gasteiger partial charge in [-0.05, 0) is 59.3 Å². The average Bonchev–Trinajstić information content (AvgIpc) is 3.48. The molecule has 0 bridgehead atoms. The zero-order valence-corrected chi connectivity index (χ0v) is 19.6. The summed E-state index contributed by atoms with van der Waals surface area (Å²) in [6.07, 6.45) is 3.92. The zero-order chi connectivity index (χ0) is 22.3. The second kappa shape index (κ2) is 8.86. The molecule has 11 heteroatoms. The van der Waals surface area contributed by atoms with Crippen molar-refractivity contribution in [2.24, 2.45) is 5.92 Å². The van der Waals surface area contributed by atoms with Crippen LogP contribution in [0.2, 0.25) is 0 Å². The first-order valence-electron chi connectivity index (χ1n) is 10.5. The molecule has 2 aliphatic rings. The molecule has 2 fully saturated rings. The van der Waals surface area contributed by atoms with Crippen molar-refractivity contribution in [2.45, 2.75) is 31.7 Å². The maximum absolute atomic E-state index is 13.9. The number of hydrogen-bond donors (Lipinski definition) is 2. The van der Waals surface area contributed by atoms with Crippen molar-refractivity contribution in [3.8, 4) is 11.6 Å². The van der Waals surface area contributed by atoms with Gasteiger partial charge in [0.1, 0.15) is 17.1 Å². The summed E-state index contributed by atoms with van der Waals surface area (Å²) in [7, 11) is 0. The predicted molar refractivity (Wildman–Crippen MR) is 122 cm³/mol. The Labute approximate surface area is 196 Å². The fraction of sp³-hybridized carbons (Fsp3) is 0.476. The van der Waals surface area contributed by atoms with Gasteiger partial charge < -0.3 is 14.9 Å². The number of pyridine rings is 1. The summed E-state index contributed by atoms with van der Waals surface area (Å²) in [4.78, 5) is 5.72. The number of thioether (sulfide) groups is 1. The van der Waals surface area contributed by atoms with Crippen molar-refractivity contribution < 1.29 is 19.3 Å². The summed E-state index contributed by atoms with van der Waals surface area (Å²) >= 11 is 5.06. The van der Waals surface area contributed by atoms with Crippen molar-refractivity contribution in [2.75, 3.05) is 24.6 Å². The Kier molecular flexibility index (Phi) is 6.10. The Bertz CT molecular complexity index is 1140. The van der Waals surface area contributed by atoms with Crippen LogP contribution in [0, 0.1) is 11.7 Å². The second-order valence-electron chi connectivity index (χ2n) is 8.24. The van der Waals surface area contributed by atoms with Gasteiger partial charge >= 0.3 is 0 Å². The SMILES string of the molecule is OC1(O)CSCCN1CCc1cc(F)cnc1Oc1ccc2c(nnn2CC2CC2)c1Br. The standard InChI is InChI=1S/C21H23BrFN5O3S/c22-18-17(4-3-16-19(18)25-26-28(16)11-13-1-2-13)31-20-14(9-15(23)10-24-20)5-6-27-7-8-32-12-21(27,29)30/h3-4,9-10,13,29-30H,1-2,5-8,11-12H2. The van der Waals surface area contributed by atoms with Gasteiger partial charge in [-0.2, -0.15) is 11.8 Å². The monoisotopic (exact) mass is 523 g/mol. The molecule has 3 heterocycles. The summed E-state index contributed by atoms with van der Waals surface area (Å²) in [6, 6.07) is 5.11. The third-order valence-electron chi connectivity index (χ3n) is 5.78. The number of nitrogens with zero attached hydrogens (tertiary/aromatic N) is 5. The van der Waals surface area contributed by atoms with E-state index in [-0.39, 0.29) is 11.6 Å². The molecular formula is C21H23BrFN5O3S. The van der Waals surface area contributed by atoms with E-state index in [0.717, 1.165) is 24.0 Å². The fourth-order valence-corrected chi connectivity index (χ4v) is 5.23. The van der Waals surface area contributed by atoms with Gasteiger partial charge in [0.25, 0.3) is 0 Å². The summed E-state index contributed by atoms with van der Waals surface area (Å²) in [5, 5.41) is 28.9. The quantitative estimate of drug-likeness (QED) is 0.456. The van der Waals surface area contributed by atoms with E-state index in [4.69, 9.17) is 4.74 Å². The highest BCUT2D eigenvalue weighted by atomic mass is 79.9. The number of aliphatic hydroxyl groups is 2. The van der Waals surface area contributed by atoms with E-state index < -0.39 is 11.7 Å². The van der Waals surface area contributed by atoms with Crippen LogP contribution in [0.15, 0.2) is 28.9 Å². The first kappa shape index (κ1) is 22.0. The van der Waals surface area contributed by atoms with Crippen molar-refractivity contribution in [1.82, 2.24) is 24.9 Å². The van der Waals surface area contributed by atoms with Crippen LogP contribution in [-0.4, -0.2) is 65.6 Å². The summed E-state index contributed by atoms with van der Waals surface area (Å²) in [5.41, 5.74) is 2.17. The van der Waals surface area contributed by atoms with Crippen molar-refractivity contribution >= 4 is 38.7 Å². The highest BCUT2D eigenvalue weighted by Crippen LogP contribution is 2.37. The smallest absolute Gasteiger partial charge is 0.234 e. The number of benzene rings is 1. The Morgan fingerprint density at radius 1 is 1.31 bits per heavy atom. The summed E-state index contributed by atoms with van der Waals surface area (Å²) in [6.45, 7) is 1.74. The lowest BCUT2D eigenvalue weighted by Crippen LogP contribution is -2.55. The van der Waals surface area contributed by atoms with Crippen LogP contribution in [0.1, 0.15) is 18.4 Å². The topological polar surface area (TPSA) is 96.5 Å². The number of halogens is 2. The van der Waals surface area contributed by atoms with E-state index >= 15 is 0 Å². The van der Waals surface area contributed by atoms with Gasteiger partial charge in [-0.25, -0.2) is 14.1 Å². The van der Waals surface area contributed by atoms with Gasteiger partial charge in [0, 0.05) is 31.0 Å². The van der Waals surface area contributed by atoms with Gasteiger partial charge in [-0.15, -0.1) is 5.10 Å². The van der Waals surface area contributed by atoms with Crippen LogP contribution in [0.4, 0.5) is 4.39 Å². The number of ether oxygens (including phenoxy) is 1. The van der Waals surface area contributed by atoms with Gasteiger partial charge in [0.15, 0.2) is 0 Å². The van der Waals surface area contributed by atoms with Gasteiger partial charge in [0.05, 0.1) is 21.9 Å². The first-order valence-corrected chi connectivity index (χ1v) is 12.5. The molecule has 5 rings (SSSR count). The van der Waals surface area contributed by atoms with E-state index in [1.54, 1.807) is 4.90 Å². The van der Waals surface area contributed by atoms with Crippen LogP contribution in [0.5, 0.6) is 11.6 Å². The molecule has 0 atom stereocenters. The van der Waals surface area contributed by atoms with Crippen LogP contribution >= 0.6 is 27.7 Å². The molecule has 2 aromatic heterocycles. The second-order valence-corrected chi connectivity index (χ2v) is 10.1. The van der Waals surface area contributed by atoms with Gasteiger partial charge in [-0.3, -0.25) is 4.90 Å². The van der Waals surface area contributed by atoms with E-state index in [1.165, 1.54) is 30.7 Å². The molecule has 170 valence electrons. The Balaban J connectivity index is 1.37. The normalized spacial score (nSPS) is 18.9. The van der Waals surface area contributed by atoms with Gasteiger partial charge in [-0.1, -0.05) is 5.21 Å². The third-order valence-corrected chi connectivity index (χ3v) is 7.60. The molecule has 0 unspecified atom stereocenters. The number of fused-ring (bicyclic) bond motifs is 1. The molecule has 1 saturated carbocycles. The number of hydrogen-bond acceptors (Lipinski definition) is 8. The molecule has 32 heavy (non-hydrogen) atoms. The van der Waals surface area contributed by atoms with Crippen molar-refractivity contribution in [3.05, 3.63) is 40.2 Å². The summed E-state index contributed by atoms with van der Waals surface area (Å²) < 4.78 is 22.6. The fourth-order valence-electron chi connectivity index (χ4n) is 3.79. The predicted octanol–water partition coefficient (Wildman–Crippen LogP) is 3.16. The minimum atomic E-state index is -1.87. The van der Waals surface area contributed by atoms with Gasteiger partial charge in [0.2, 0.25) is 11.8 Å². The van der Waals surface area contributed by atoms with Crippen LogP contribution in [-0.2, 0) is 13.0 Å². The first-order chi connectivity index (χ1) is 15.4. The highest BCUT2D eigenvalue weighted by molar-refractivity contribution is 9.10. The summed E-state index contributed by atoms with van der Waals surface area (Å²) in [5.74, 6) is 0.127. The van der Waals surface area contributed by atoms with Crippen molar-refractivity contribution in [3.63, 3.8) is 0 Å². The minimum Gasteiger partial charge on any atom is -0.437 e. The molecule has 1 aromatic carbocycles. The molecule has 0 spiro atoms. The van der Waals surface area contributed by atoms with Crippen LogP contribution < -0.4 is 4.74 Å². The molecule has 1 saturated heterocycles. The minimum absolute atomic E-state index is 0.214. The molecular weight excluding hydrogens is 501 g/mol. The Hall–Kier alpha value is -1.79. The van der Waals surface area contributed by atoms with E-state index in [9.17, 15) is 14.6 Å². The molecule has 1 aliphatic carbocycles. The molecule has 8 nitrogen and oxygen atoms in total. The molecule has 3 aromatic rings. The zero-order valence-electron chi connectivity index (χ0n) is 17.2. The van der Waals surface area contributed by atoms with E-state index in [2.05, 4.69) is 31.2 Å². The Morgan fingerprint density at radius 2 is 2.16 bits per heavy atom. The maximum Gasteiger partial charge on any atom is 0.234 e. The van der Waals surface area contributed by atoms with E-state index in [0.29, 0.717) is 46.7 Å². The largest absolute Gasteiger partial charge is 0.437 e. The Morgan fingerprint density at radius 3 is 2.94 bits per heavy atom. The van der Waals surface area contributed by atoms with E-state index in [1.807, 2.05) is 16.8 Å².